The van der Waals surface area contributed by atoms with E-state index in [4.69, 9.17) is 5.73 Å². The third-order valence-electron chi connectivity index (χ3n) is 4.46. The smallest absolute Gasteiger partial charge is 0.135 e. The minimum Gasteiger partial charge on any atom is -0.394 e. The molecule has 5 nitrogen and oxygen atoms in total. The third kappa shape index (κ3) is 3.03. The highest BCUT2D eigenvalue weighted by Crippen LogP contribution is 2.35. The van der Waals surface area contributed by atoms with Crippen LogP contribution in [0, 0.1) is 12.8 Å². The minimum absolute atomic E-state index is 0.129. The maximum absolute atomic E-state index is 9.84. The summed E-state index contributed by atoms with van der Waals surface area (Å²) in [5.41, 5.74) is 6.56. The van der Waals surface area contributed by atoms with Gasteiger partial charge >= 0.3 is 0 Å². The lowest BCUT2D eigenvalue weighted by molar-refractivity contribution is 0.155. The Morgan fingerprint density at radius 1 is 1.35 bits per heavy atom. The molecule has 1 aromatic rings. The zero-order chi connectivity index (χ0) is 14.8. The number of aromatic nitrogens is 2. The molecule has 5 heteroatoms. The summed E-state index contributed by atoms with van der Waals surface area (Å²) in [6.45, 7) is 6.33. The fourth-order valence-corrected chi connectivity index (χ4v) is 2.75. The largest absolute Gasteiger partial charge is 0.394 e. The maximum atomic E-state index is 9.84. The Morgan fingerprint density at radius 2 is 2.00 bits per heavy atom. The van der Waals surface area contributed by atoms with Gasteiger partial charge in [-0.1, -0.05) is 13.8 Å². The summed E-state index contributed by atoms with van der Waals surface area (Å²) in [4.78, 5) is 8.81. The summed E-state index contributed by atoms with van der Waals surface area (Å²) < 4.78 is 0. The summed E-state index contributed by atoms with van der Waals surface area (Å²) in [6.07, 6.45) is 4.95. The van der Waals surface area contributed by atoms with Crippen LogP contribution in [0.2, 0.25) is 0 Å². The highest BCUT2D eigenvalue weighted by molar-refractivity contribution is 5.56. The number of nitrogens with zero attached hydrogens (tertiary/aromatic N) is 2. The molecule has 0 bridgehead atoms. The van der Waals surface area contributed by atoms with Gasteiger partial charge in [0.1, 0.15) is 17.5 Å². The van der Waals surface area contributed by atoms with Crippen molar-refractivity contribution in [2.45, 2.75) is 58.4 Å². The van der Waals surface area contributed by atoms with Crippen molar-refractivity contribution < 1.29 is 5.11 Å². The van der Waals surface area contributed by atoms with Crippen molar-refractivity contribution in [2.75, 3.05) is 17.7 Å². The minimum atomic E-state index is -0.261. The summed E-state index contributed by atoms with van der Waals surface area (Å²) >= 11 is 0. The lowest BCUT2D eigenvalue weighted by Crippen LogP contribution is -2.45. The van der Waals surface area contributed by atoms with E-state index in [0.717, 1.165) is 55.2 Å². The van der Waals surface area contributed by atoms with Crippen LogP contribution in [0.1, 0.15) is 50.9 Å². The van der Waals surface area contributed by atoms with E-state index in [9.17, 15) is 5.11 Å². The lowest BCUT2D eigenvalue weighted by Gasteiger charge is -2.39. The number of rotatable bonds is 4. The second kappa shape index (κ2) is 5.95. The number of aliphatic hydroxyl groups excluding tert-OH is 1. The van der Waals surface area contributed by atoms with Gasteiger partial charge < -0.3 is 16.2 Å². The van der Waals surface area contributed by atoms with Gasteiger partial charge in [0.15, 0.2) is 0 Å². The van der Waals surface area contributed by atoms with Gasteiger partial charge in [-0.15, -0.1) is 0 Å². The van der Waals surface area contributed by atoms with Crippen molar-refractivity contribution in [3.8, 4) is 0 Å². The summed E-state index contributed by atoms with van der Waals surface area (Å²) in [7, 11) is 0. The quantitative estimate of drug-likeness (QED) is 0.787. The van der Waals surface area contributed by atoms with Crippen molar-refractivity contribution in [2.24, 2.45) is 5.92 Å². The topological polar surface area (TPSA) is 84.1 Å². The van der Waals surface area contributed by atoms with Crippen LogP contribution in [-0.4, -0.2) is 27.2 Å². The number of aliphatic hydroxyl groups is 1. The Morgan fingerprint density at radius 3 is 2.55 bits per heavy atom. The van der Waals surface area contributed by atoms with Crippen LogP contribution in [0.3, 0.4) is 0 Å². The fraction of sp³-hybridized carbons (Fsp3) is 0.733. The molecule has 0 atom stereocenters. The van der Waals surface area contributed by atoms with Crippen molar-refractivity contribution in [1.29, 1.82) is 0 Å². The standard InChI is InChI=1S/C15H26N4O/c1-4-12-17-13(16)11(3)14(18-12)19-15(9-20)7-5-10(2)6-8-15/h10,20H,4-9H2,1-3H3,(H3,16,17,18,19). The average molecular weight is 278 g/mol. The first kappa shape index (κ1) is 15.0. The molecule has 1 heterocycles. The number of hydrogen-bond donors (Lipinski definition) is 3. The number of anilines is 2. The van der Waals surface area contributed by atoms with E-state index in [0.29, 0.717) is 5.82 Å². The molecule has 1 aliphatic carbocycles. The van der Waals surface area contributed by atoms with E-state index >= 15 is 0 Å². The van der Waals surface area contributed by atoms with Gasteiger partial charge in [0.25, 0.3) is 0 Å². The number of aryl methyl sites for hydroxylation is 1. The number of nitrogen functional groups attached to an aromatic ring is 1. The van der Waals surface area contributed by atoms with Gasteiger partial charge in [0.2, 0.25) is 0 Å². The molecule has 1 fully saturated rings. The first-order valence-corrected chi connectivity index (χ1v) is 7.51. The average Bonchev–Trinajstić information content (AvgIpc) is 2.46. The molecule has 1 saturated carbocycles. The van der Waals surface area contributed by atoms with Crippen LogP contribution < -0.4 is 11.1 Å². The van der Waals surface area contributed by atoms with Gasteiger partial charge in [-0.05, 0) is 38.5 Å². The van der Waals surface area contributed by atoms with Crippen LogP contribution in [0.15, 0.2) is 0 Å². The summed E-state index contributed by atoms with van der Waals surface area (Å²) in [5, 5.41) is 13.3. The first-order valence-electron chi connectivity index (χ1n) is 7.51. The van der Waals surface area contributed by atoms with Gasteiger partial charge in [-0.3, -0.25) is 0 Å². The number of nitrogens with two attached hydrogens (primary N) is 1. The molecule has 0 aliphatic heterocycles. The molecule has 1 aromatic heterocycles. The van der Waals surface area contributed by atoms with Crippen molar-refractivity contribution >= 4 is 11.6 Å². The van der Waals surface area contributed by atoms with E-state index < -0.39 is 0 Å². The Balaban J connectivity index is 2.25. The Hall–Kier alpha value is -1.36. The molecule has 112 valence electrons. The monoisotopic (exact) mass is 278 g/mol. The molecular weight excluding hydrogens is 252 g/mol. The number of hydrogen-bond acceptors (Lipinski definition) is 5. The van der Waals surface area contributed by atoms with Gasteiger partial charge in [-0.2, -0.15) is 0 Å². The van der Waals surface area contributed by atoms with Crippen molar-refractivity contribution in [3.63, 3.8) is 0 Å². The fourth-order valence-electron chi connectivity index (χ4n) is 2.75. The van der Waals surface area contributed by atoms with Crippen LogP contribution in [0.25, 0.3) is 0 Å². The molecule has 0 unspecified atom stereocenters. The summed E-state index contributed by atoms with van der Waals surface area (Å²) in [6, 6.07) is 0. The van der Waals surface area contributed by atoms with E-state index in [1.165, 1.54) is 0 Å². The molecular formula is C15H26N4O. The van der Waals surface area contributed by atoms with Gasteiger partial charge in [0.05, 0.1) is 12.1 Å². The highest BCUT2D eigenvalue weighted by Gasteiger charge is 2.34. The van der Waals surface area contributed by atoms with Crippen LogP contribution in [0.4, 0.5) is 11.6 Å². The lowest BCUT2D eigenvalue weighted by atomic mass is 9.77. The van der Waals surface area contributed by atoms with Crippen molar-refractivity contribution in [1.82, 2.24) is 9.97 Å². The van der Waals surface area contributed by atoms with E-state index in [1.54, 1.807) is 0 Å². The molecule has 0 amide bonds. The van der Waals surface area contributed by atoms with Crippen molar-refractivity contribution in [3.05, 3.63) is 11.4 Å². The maximum Gasteiger partial charge on any atom is 0.135 e. The zero-order valence-corrected chi connectivity index (χ0v) is 12.7. The molecule has 4 N–H and O–H groups in total. The number of nitrogens with one attached hydrogen (secondary N) is 1. The molecule has 20 heavy (non-hydrogen) atoms. The van der Waals surface area contributed by atoms with E-state index in [1.807, 2.05) is 13.8 Å². The molecule has 0 saturated heterocycles. The first-order chi connectivity index (χ1) is 9.49. The Bertz CT molecular complexity index is 467. The molecule has 2 rings (SSSR count). The van der Waals surface area contributed by atoms with Crippen LogP contribution >= 0.6 is 0 Å². The molecule has 0 radical (unpaired) electrons. The Labute approximate surface area is 121 Å². The SMILES string of the molecule is CCc1nc(N)c(C)c(NC2(CO)CCC(C)CC2)n1. The Kier molecular flexibility index (Phi) is 4.48. The highest BCUT2D eigenvalue weighted by atomic mass is 16.3. The summed E-state index contributed by atoms with van der Waals surface area (Å²) in [5.74, 6) is 2.78. The van der Waals surface area contributed by atoms with Gasteiger partial charge in [-0.25, -0.2) is 9.97 Å². The second-order valence-electron chi connectivity index (χ2n) is 6.10. The van der Waals surface area contributed by atoms with Crippen LogP contribution in [-0.2, 0) is 6.42 Å². The molecule has 1 aliphatic rings. The molecule has 0 spiro atoms. The second-order valence-corrected chi connectivity index (χ2v) is 6.10. The normalized spacial score (nSPS) is 26.5. The third-order valence-corrected chi connectivity index (χ3v) is 4.46. The predicted octanol–water partition coefficient (Wildman–Crippen LogP) is 2.28. The zero-order valence-electron chi connectivity index (χ0n) is 12.7. The van der Waals surface area contributed by atoms with E-state index in [2.05, 4.69) is 22.2 Å². The predicted molar refractivity (Wildman–Crippen MR) is 81.6 cm³/mol. The van der Waals surface area contributed by atoms with Crippen LogP contribution in [0.5, 0.6) is 0 Å². The van der Waals surface area contributed by atoms with E-state index in [-0.39, 0.29) is 12.1 Å². The molecule has 0 aromatic carbocycles. The van der Waals surface area contributed by atoms with Gasteiger partial charge in [0, 0.05) is 12.0 Å².